The van der Waals surface area contributed by atoms with Crippen LogP contribution < -0.4 is 0 Å². The van der Waals surface area contributed by atoms with Crippen LogP contribution in [0.15, 0.2) is 22.8 Å². The first-order valence-electron chi connectivity index (χ1n) is 3.95. The number of hydrogen-bond donors (Lipinski definition) is 0. The second kappa shape index (κ2) is 3.58. The first kappa shape index (κ1) is 8.34. The van der Waals surface area contributed by atoms with Gasteiger partial charge in [0, 0.05) is 0 Å². The third-order valence-electron chi connectivity index (χ3n) is 1.88. The van der Waals surface area contributed by atoms with E-state index in [1.165, 1.54) is 0 Å². The van der Waals surface area contributed by atoms with E-state index < -0.39 is 0 Å². The molecule has 0 spiro atoms. The molecule has 0 saturated heterocycles. The lowest BCUT2D eigenvalue weighted by atomic mass is 10.1. The Balaban J connectivity index is 2.71. The largest absolute Gasteiger partial charge is 0.468 e. The van der Waals surface area contributed by atoms with Gasteiger partial charge in [-0.2, -0.15) is 0 Å². The van der Waals surface area contributed by atoms with E-state index in [1.54, 1.807) is 6.26 Å². The quantitative estimate of drug-likeness (QED) is 0.662. The summed E-state index contributed by atoms with van der Waals surface area (Å²) in [5, 5.41) is 0. The zero-order chi connectivity index (χ0) is 8.27. The third-order valence-corrected chi connectivity index (χ3v) is 1.88. The maximum atomic E-state index is 5.31. The van der Waals surface area contributed by atoms with E-state index in [0.717, 1.165) is 12.2 Å². The van der Waals surface area contributed by atoms with Crippen molar-refractivity contribution in [3.63, 3.8) is 0 Å². The van der Waals surface area contributed by atoms with Gasteiger partial charge in [0.05, 0.1) is 12.3 Å². The molecule has 1 aromatic rings. The molecule has 0 aliphatic heterocycles. The van der Waals surface area contributed by atoms with Crippen molar-refractivity contribution in [2.24, 2.45) is 0 Å². The summed E-state index contributed by atoms with van der Waals surface area (Å²) in [6.07, 6.45) is 2.81. The van der Waals surface area contributed by atoms with Gasteiger partial charge < -0.3 is 4.42 Å². The average Bonchev–Trinajstić information content (AvgIpc) is 2.40. The second-order valence-corrected chi connectivity index (χ2v) is 2.90. The number of rotatable bonds is 3. The van der Waals surface area contributed by atoms with E-state index in [0.29, 0.717) is 6.04 Å². The van der Waals surface area contributed by atoms with E-state index in [2.05, 4.69) is 25.9 Å². The fourth-order valence-electron chi connectivity index (χ4n) is 1.30. The molecule has 0 aliphatic rings. The molecule has 0 aromatic carbocycles. The van der Waals surface area contributed by atoms with Gasteiger partial charge >= 0.3 is 0 Å². The number of nitrogens with zero attached hydrogens (tertiary/aromatic N) is 1. The molecule has 0 radical (unpaired) electrons. The van der Waals surface area contributed by atoms with Crippen LogP contribution in [0.2, 0.25) is 0 Å². The Hall–Kier alpha value is -0.760. The van der Waals surface area contributed by atoms with Gasteiger partial charge in [0.2, 0.25) is 0 Å². The molecular weight excluding hydrogens is 138 g/mol. The summed E-state index contributed by atoms with van der Waals surface area (Å²) in [6, 6.07) is 4.38. The summed E-state index contributed by atoms with van der Waals surface area (Å²) in [4.78, 5) is 2.17. The normalized spacial score (nSPS) is 13.8. The predicted octanol–water partition coefficient (Wildman–Crippen LogP) is 2.29. The Morgan fingerprint density at radius 2 is 2.27 bits per heavy atom. The Kier molecular flexibility index (Phi) is 2.71. The Morgan fingerprint density at radius 3 is 2.64 bits per heavy atom. The number of furan rings is 1. The molecule has 1 atom stereocenters. The van der Waals surface area contributed by atoms with Gasteiger partial charge in [-0.05, 0) is 32.6 Å². The van der Waals surface area contributed by atoms with Crippen molar-refractivity contribution in [2.45, 2.75) is 19.4 Å². The monoisotopic (exact) mass is 153 g/mol. The summed E-state index contributed by atoms with van der Waals surface area (Å²) in [6.45, 7) is 2.16. The van der Waals surface area contributed by atoms with E-state index in [-0.39, 0.29) is 0 Å². The molecule has 0 fully saturated rings. The lowest BCUT2D eigenvalue weighted by molar-refractivity contribution is 0.252. The summed E-state index contributed by atoms with van der Waals surface area (Å²) >= 11 is 0. The molecule has 1 aromatic heterocycles. The minimum atomic E-state index is 0.421. The van der Waals surface area contributed by atoms with Gasteiger partial charge in [-0.15, -0.1) is 0 Å². The molecule has 1 heterocycles. The molecule has 2 heteroatoms. The highest BCUT2D eigenvalue weighted by molar-refractivity contribution is 5.03. The Morgan fingerprint density at radius 1 is 1.55 bits per heavy atom. The topological polar surface area (TPSA) is 16.4 Å². The molecule has 62 valence electrons. The average molecular weight is 153 g/mol. The zero-order valence-corrected chi connectivity index (χ0v) is 7.37. The number of hydrogen-bond acceptors (Lipinski definition) is 2. The molecule has 0 saturated carbocycles. The van der Waals surface area contributed by atoms with Crippen molar-refractivity contribution in [2.75, 3.05) is 14.1 Å². The summed E-state index contributed by atoms with van der Waals surface area (Å²) in [5.41, 5.74) is 0. The van der Waals surface area contributed by atoms with Gasteiger partial charge in [0.15, 0.2) is 0 Å². The molecule has 2 nitrogen and oxygen atoms in total. The van der Waals surface area contributed by atoms with Gasteiger partial charge in [0.1, 0.15) is 5.76 Å². The van der Waals surface area contributed by atoms with Crippen molar-refractivity contribution in [3.8, 4) is 0 Å². The second-order valence-electron chi connectivity index (χ2n) is 2.90. The van der Waals surface area contributed by atoms with Crippen LogP contribution in [0, 0.1) is 0 Å². The molecule has 0 N–H and O–H groups in total. The molecule has 1 rings (SSSR count). The van der Waals surface area contributed by atoms with Crippen LogP contribution in [-0.4, -0.2) is 19.0 Å². The van der Waals surface area contributed by atoms with Crippen molar-refractivity contribution < 1.29 is 4.42 Å². The van der Waals surface area contributed by atoms with Gasteiger partial charge in [0.25, 0.3) is 0 Å². The Labute approximate surface area is 67.8 Å². The van der Waals surface area contributed by atoms with E-state index in [9.17, 15) is 0 Å². The third kappa shape index (κ3) is 1.84. The summed E-state index contributed by atoms with van der Waals surface area (Å²) in [7, 11) is 4.13. The SMILES string of the molecule is CCC(c1ccco1)N(C)C. The molecule has 0 bridgehead atoms. The van der Waals surface area contributed by atoms with Crippen LogP contribution in [0.4, 0.5) is 0 Å². The van der Waals surface area contributed by atoms with Crippen LogP contribution in [0.25, 0.3) is 0 Å². The van der Waals surface area contributed by atoms with E-state index in [4.69, 9.17) is 4.42 Å². The zero-order valence-electron chi connectivity index (χ0n) is 7.37. The van der Waals surface area contributed by atoms with Gasteiger partial charge in [-0.25, -0.2) is 0 Å². The summed E-state index contributed by atoms with van der Waals surface area (Å²) in [5.74, 6) is 1.05. The highest BCUT2D eigenvalue weighted by Crippen LogP contribution is 2.21. The maximum Gasteiger partial charge on any atom is 0.120 e. The molecule has 0 amide bonds. The molecule has 11 heavy (non-hydrogen) atoms. The highest BCUT2D eigenvalue weighted by Gasteiger charge is 2.13. The van der Waals surface area contributed by atoms with Crippen LogP contribution in [-0.2, 0) is 0 Å². The fraction of sp³-hybridized carbons (Fsp3) is 0.556. The van der Waals surface area contributed by atoms with Crippen molar-refractivity contribution in [1.82, 2.24) is 4.90 Å². The highest BCUT2D eigenvalue weighted by atomic mass is 16.3. The lowest BCUT2D eigenvalue weighted by Gasteiger charge is -2.19. The smallest absolute Gasteiger partial charge is 0.120 e. The van der Waals surface area contributed by atoms with Crippen molar-refractivity contribution >= 4 is 0 Å². The standard InChI is InChI=1S/C9H15NO/c1-4-8(10(2)3)9-6-5-7-11-9/h5-8H,4H2,1-3H3. The van der Waals surface area contributed by atoms with Crippen LogP contribution >= 0.6 is 0 Å². The van der Waals surface area contributed by atoms with Crippen molar-refractivity contribution in [3.05, 3.63) is 24.2 Å². The Bertz CT molecular complexity index is 191. The van der Waals surface area contributed by atoms with Gasteiger partial charge in [-0.1, -0.05) is 6.92 Å². The van der Waals surface area contributed by atoms with Crippen LogP contribution in [0.5, 0.6) is 0 Å². The first-order valence-corrected chi connectivity index (χ1v) is 3.95. The predicted molar refractivity (Wildman–Crippen MR) is 45.4 cm³/mol. The molecule has 0 aliphatic carbocycles. The minimum absolute atomic E-state index is 0.421. The van der Waals surface area contributed by atoms with Crippen LogP contribution in [0.1, 0.15) is 25.1 Å². The van der Waals surface area contributed by atoms with E-state index in [1.807, 2.05) is 12.1 Å². The van der Waals surface area contributed by atoms with E-state index >= 15 is 0 Å². The molecular formula is C9H15NO. The van der Waals surface area contributed by atoms with Crippen molar-refractivity contribution in [1.29, 1.82) is 0 Å². The minimum Gasteiger partial charge on any atom is -0.468 e. The lowest BCUT2D eigenvalue weighted by Crippen LogP contribution is -2.18. The fourth-order valence-corrected chi connectivity index (χ4v) is 1.30. The van der Waals surface area contributed by atoms with Crippen LogP contribution in [0.3, 0.4) is 0 Å². The maximum absolute atomic E-state index is 5.31. The molecule has 1 unspecified atom stereocenters. The first-order chi connectivity index (χ1) is 5.25. The summed E-state index contributed by atoms with van der Waals surface area (Å²) < 4.78 is 5.31. The van der Waals surface area contributed by atoms with Gasteiger partial charge in [-0.3, -0.25) is 4.90 Å².